The number of H-pyrrole nitrogens is 1. The first-order valence-electron chi connectivity index (χ1n) is 9.58. The number of amides is 1. The Morgan fingerprint density at radius 2 is 2.07 bits per heavy atom. The summed E-state index contributed by atoms with van der Waals surface area (Å²) in [5, 5.41) is 6.13. The van der Waals surface area contributed by atoms with Gasteiger partial charge in [-0.25, -0.2) is 9.50 Å². The van der Waals surface area contributed by atoms with E-state index in [2.05, 4.69) is 32.5 Å². The van der Waals surface area contributed by atoms with Gasteiger partial charge in [-0.15, -0.1) is 0 Å². The standard InChI is InChI=1S/C21H21N5O3S/c1-14(9-10-15-6-3-2-4-7-15)22-19(28)13-30-21-24-20(16-8-5-11-29-16)23-17-12-18(27)25-26(17)21/h2-8,11-12,14H,9-10,13H2,1H3,(H,22,28)(H,25,27)/t14-/m1/s1. The molecule has 9 heteroatoms. The molecule has 4 rings (SSSR count). The maximum Gasteiger partial charge on any atom is 0.266 e. The molecule has 3 heterocycles. The maximum absolute atomic E-state index is 12.4. The van der Waals surface area contributed by atoms with Crippen LogP contribution in [0.5, 0.6) is 0 Å². The van der Waals surface area contributed by atoms with Gasteiger partial charge < -0.3 is 9.73 Å². The van der Waals surface area contributed by atoms with Gasteiger partial charge in [-0.3, -0.25) is 14.7 Å². The van der Waals surface area contributed by atoms with Crippen molar-refractivity contribution in [3.63, 3.8) is 0 Å². The second-order valence-corrected chi connectivity index (χ2v) is 7.85. The van der Waals surface area contributed by atoms with Crippen LogP contribution in [0.25, 0.3) is 17.2 Å². The molecule has 0 aliphatic rings. The van der Waals surface area contributed by atoms with Gasteiger partial charge in [0, 0.05) is 12.1 Å². The predicted octanol–water partition coefficient (Wildman–Crippen LogP) is 2.91. The van der Waals surface area contributed by atoms with Gasteiger partial charge in [0.2, 0.25) is 5.91 Å². The number of carbonyl (C=O) groups excluding carboxylic acids is 1. The van der Waals surface area contributed by atoms with Crippen molar-refractivity contribution < 1.29 is 9.21 Å². The molecular formula is C21H21N5O3S. The molecule has 8 nitrogen and oxygen atoms in total. The Hall–Kier alpha value is -3.33. The first kappa shape index (κ1) is 20.0. The fraction of sp³-hybridized carbons (Fsp3) is 0.238. The predicted molar refractivity (Wildman–Crippen MR) is 114 cm³/mol. The van der Waals surface area contributed by atoms with Crippen LogP contribution in [-0.4, -0.2) is 37.3 Å². The average molecular weight is 423 g/mol. The summed E-state index contributed by atoms with van der Waals surface area (Å²) in [6.45, 7) is 1.99. The molecule has 0 aliphatic carbocycles. The van der Waals surface area contributed by atoms with E-state index in [1.165, 1.54) is 34.2 Å². The number of furan rings is 1. The number of thioether (sulfide) groups is 1. The first-order chi connectivity index (χ1) is 14.6. The van der Waals surface area contributed by atoms with Crippen molar-refractivity contribution in [2.24, 2.45) is 0 Å². The number of hydrogen-bond donors (Lipinski definition) is 2. The van der Waals surface area contributed by atoms with Crippen molar-refractivity contribution in [1.29, 1.82) is 0 Å². The minimum absolute atomic E-state index is 0.0498. The minimum Gasteiger partial charge on any atom is -0.461 e. The highest BCUT2D eigenvalue weighted by atomic mass is 32.2. The van der Waals surface area contributed by atoms with Crippen LogP contribution in [-0.2, 0) is 11.2 Å². The van der Waals surface area contributed by atoms with Crippen LogP contribution >= 0.6 is 11.8 Å². The summed E-state index contributed by atoms with van der Waals surface area (Å²) in [4.78, 5) is 33.0. The topological polar surface area (TPSA) is 105 Å². The van der Waals surface area contributed by atoms with E-state index in [1.54, 1.807) is 12.1 Å². The highest BCUT2D eigenvalue weighted by molar-refractivity contribution is 7.99. The van der Waals surface area contributed by atoms with Gasteiger partial charge in [-0.2, -0.15) is 4.98 Å². The summed E-state index contributed by atoms with van der Waals surface area (Å²) < 4.78 is 6.84. The summed E-state index contributed by atoms with van der Waals surface area (Å²) in [6, 6.07) is 15.1. The Morgan fingerprint density at radius 3 is 2.83 bits per heavy atom. The number of aryl methyl sites for hydroxylation is 1. The molecule has 0 fully saturated rings. The molecule has 0 saturated heterocycles. The lowest BCUT2D eigenvalue weighted by Gasteiger charge is -2.14. The molecule has 2 N–H and O–H groups in total. The Kier molecular flexibility index (Phi) is 5.99. The smallest absolute Gasteiger partial charge is 0.266 e. The molecule has 1 atom stereocenters. The molecule has 0 radical (unpaired) electrons. The van der Waals surface area contributed by atoms with E-state index in [1.807, 2.05) is 25.1 Å². The number of benzene rings is 1. The van der Waals surface area contributed by atoms with E-state index < -0.39 is 0 Å². The SMILES string of the molecule is C[C@H](CCc1ccccc1)NC(=O)CSc1nc(-c2ccco2)nc2cc(=O)[nH]n12. The van der Waals surface area contributed by atoms with E-state index in [9.17, 15) is 9.59 Å². The highest BCUT2D eigenvalue weighted by Gasteiger charge is 2.15. The molecule has 0 bridgehead atoms. The second-order valence-electron chi connectivity index (χ2n) is 6.90. The molecule has 1 amide bonds. The summed E-state index contributed by atoms with van der Waals surface area (Å²) in [5.74, 6) is 0.922. The van der Waals surface area contributed by atoms with Crippen molar-refractivity contribution in [2.45, 2.75) is 31.0 Å². The number of rotatable bonds is 8. The zero-order chi connectivity index (χ0) is 20.9. The molecule has 4 aromatic rings. The van der Waals surface area contributed by atoms with E-state index in [0.717, 1.165) is 12.8 Å². The number of fused-ring (bicyclic) bond motifs is 1. The quantitative estimate of drug-likeness (QED) is 0.422. The Bertz CT molecular complexity index is 1180. The van der Waals surface area contributed by atoms with Crippen LogP contribution in [0, 0.1) is 0 Å². The lowest BCUT2D eigenvalue weighted by atomic mass is 10.1. The van der Waals surface area contributed by atoms with Crippen LogP contribution in [0.1, 0.15) is 18.9 Å². The van der Waals surface area contributed by atoms with Gasteiger partial charge >= 0.3 is 0 Å². The number of nitrogens with zero attached hydrogens (tertiary/aromatic N) is 3. The third-order valence-electron chi connectivity index (χ3n) is 4.51. The van der Waals surface area contributed by atoms with Crippen molar-refractivity contribution in [3.8, 4) is 11.6 Å². The monoisotopic (exact) mass is 423 g/mol. The fourth-order valence-electron chi connectivity index (χ4n) is 3.04. The Morgan fingerprint density at radius 1 is 1.23 bits per heavy atom. The van der Waals surface area contributed by atoms with E-state index in [0.29, 0.717) is 22.4 Å². The summed E-state index contributed by atoms with van der Waals surface area (Å²) in [7, 11) is 0. The largest absolute Gasteiger partial charge is 0.461 e. The van der Waals surface area contributed by atoms with Crippen LogP contribution in [0.4, 0.5) is 0 Å². The van der Waals surface area contributed by atoms with Gasteiger partial charge in [0.05, 0.1) is 12.0 Å². The summed E-state index contributed by atoms with van der Waals surface area (Å²) in [5.41, 5.74) is 1.38. The van der Waals surface area contributed by atoms with Gasteiger partial charge in [0.25, 0.3) is 5.56 Å². The summed E-state index contributed by atoms with van der Waals surface area (Å²) in [6.07, 6.45) is 3.29. The average Bonchev–Trinajstić information content (AvgIpc) is 3.40. The number of aromatic nitrogens is 4. The molecule has 30 heavy (non-hydrogen) atoms. The van der Waals surface area contributed by atoms with Gasteiger partial charge in [-0.1, -0.05) is 42.1 Å². The zero-order valence-electron chi connectivity index (χ0n) is 16.4. The maximum atomic E-state index is 12.4. The van der Waals surface area contributed by atoms with E-state index >= 15 is 0 Å². The summed E-state index contributed by atoms with van der Waals surface area (Å²) >= 11 is 1.23. The number of nitrogens with one attached hydrogen (secondary N) is 2. The lowest BCUT2D eigenvalue weighted by Crippen LogP contribution is -2.34. The second kappa shape index (κ2) is 9.00. The first-order valence-corrected chi connectivity index (χ1v) is 10.6. The number of hydrogen-bond acceptors (Lipinski definition) is 6. The van der Waals surface area contributed by atoms with Crippen molar-refractivity contribution >= 4 is 23.3 Å². The molecule has 0 aliphatic heterocycles. The fourth-order valence-corrected chi connectivity index (χ4v) is 3.81. The lowest BCUT2D eigenvalue weighted by molar-refractivity contribution is -0.119. The number of carbonyl (C=O) groups is 1. The Labute approximate surface area is 176 Å². The Balaban J connectivity index is 1.40. The third-order valence-corrected chi connectivity index (χ3v) is 5.45. The van der Waals surface area contributed by atoms with Gasteiger partial charge in [0.1, 0.15) is 0 Å². The molecule has 3 aromatic heterocycles. The zero-order valence-corrected chi connectivity index (χ0v) is 17.2. The van der Waals surface area contributed by atoms with Crippen LogP contribution < -0.4 is 10.9 Å². The number of aromatic amines is 1. The van der Waals surface area contributed by atoms with Crippen molar-refractivity contribution in [2.75, 3.05) is 5.75 Å². The molecule has 0 unspecified atom stereocenters. The minimum atomic E-state index is -0.290. The molecule has 0 spiro atoms. The van der Waals surface area contributed by atoms with Crippen LogP contribution in [0.2, 0.25) is 0 Å². The molecule has 154 valence electrons. The third kappa shape index (κ3) is 4.80. The highest BCUT2D eigenvalue weighted by Crippen LogP contribution is 2.21. The van der Waals surface area contributed by atoms with E-state index in [-0.39, 0.29) is 23.3 Å². The van der Waals surface area contributed by atoms with Gasteiger partial charge in [-0.05, 0) is 37.5 Å². The molecular weight excluding hydrogens is 402 g/mol. The van der Waals surface area contributed by atoms with Crippen LogP contribution in [0.3, 0.4) is 0 Å². The van der Waals surface area contributed by atoms with Crippen molar-refractivity contribution in [3.05, 3.63) is 70.7 Å². The molecule has 1 aromatic carbocycles. The van der Waals surface area contributed by atoms with Gasteiger partial charge in [0.15, 0.2) is 22.4 Å². The van der Waals surface area contributed by atoms with E-state index in [4.69, 9.17) is 4.42 Å². The normalized spacial score (nSPS) is 12.2. The van der Waals surface area contributed by atoms with Crippen molar-refractivity contribution in [1.82, 2.24) is 24.9 Å². The van der Waals surface area contributed by atoms with Crippen LogP contribution in [0.15, 0.2) is 69.2 Å². The molecule has 0 saturated carbocycles.